The van der Waals surface area contributed by atoms with Gasteiger partial charge in [-0.1, -0.05) is 11.3 Å². The molecule has 0 spiro atoms. The summed E-state index contributed by atoms with van der Waals surface area (Å²) >= 11 is 0. The second-order valence-electron chi connectivity index (χ2n) is 10.1. The van der Waals surface area contributed by atoms with Crippen LogP contribution < -0.4 is 10.1 Å². The number of nitrogens with zero attached hydrogens (tertiary/aromatic N) is 6. The summed E-state index contributed by atoms with van der Waals surface area (Å²) in [6, 6.07) is 10.4. The zero-order valence-electron chi connectivity index (χ0n) is 23.5. The van der Waals surface area contributed by atoms with Crippen LogP contribution in [-0.4, -0.2) is 77.0 Å². The number of nitrogens with one attached hydrogen (secondary N) is 1. The monoisotopic (exact) mass is 567 g/mol. The molecule has 0 aliphatic carbocycles. The molecule has 0 radical (unpaired) electrons. The molecule has 0 saturated carbocycles. The number of likely N-dealkylation sites (N-methyl/N-ethyl adjacent to an activating group) is 2. The predicted molar refractivity (Wildman–Crippen MR) is 150 cm³/mol. The number of rotatable bonds is 10. The first-order valence-electron chi connectivity index (χ1n) is 12.8. The van der Waals surface area contributed by atoms with Gasteiger partial charge in [0.15, 0.2) is 0 Å². The smallest absolute Gasteiger partial charge is 0.416 e. The predicted octanol–water partition coefficient (Wildman–Crippen LogP) is 4.91. The van der Waals surface area contributed by atoms with E-state index in [0.717, 1.165) is 24.2 Å². The minimum atomic E-state index is -4.56. The van der Waals surface area contributed by atoms with E-state index in [9.17, 15) is 18.0 Å². The first-order chi connectivity index (χ1) is 19.4. The lowest BCUT2D eigenvalue weighted by Crippen LogP contribution is -2.28. The quantitative estimate of drug-likeness (QED) is 0.291. The van der Waals surface area contributed by atoms with Gasteiger partial charge in [-0.15, -0.1) is 5.10 Å². The number of amides is 1. The van der Waals surface area contributed by atoms with E-state index in [2.05, 4.69) is 20.6 Å². The number of benzene rings is 2. The van der Waals surface area contributed by atoms with E-state index in [-0.39, 0.29) is 11.3 Å². The highest BCUT2D eigenvalue weighted by Gasteiger charge is 2.31. The van der Waals surface area contributed by atoms with Crippen LogP contribution in [0.2, 0.25) is 0 Å². The number of pyridine rings is 1. The third-order valence-corrected chi connectivity index (χ3v) is 6.42. The van der Waals surface area contributed by atoms with Gasteiger partial charge in [-0.2, -0.15) is 13.2 Å². The van der Waals surface area contributed by atoms with E-state index in [1.54, 1.807) is 56.0 Å². The van der Waals surface area contributed by atoms with Crippen LogP contribution in [0.4, 0.5) is 18.9 Å². The molecule has 4 aromatic rings. The number of anilines is 1. The zero-order valence-corrected chi connectivity index (χ0v) is 23.5. The molecule has 2 aromatic carbocycles. The molecule has 41 heavy (non-hydrogen) atoms. The van der Waals surface area contributed by atoms with Gasteiger partial charge in [0.2, 0.25) is 0 Å². The zero-order chi connectivity index (χ0) is 29.7. The Balaban J connectivity index is 1.58. The van der Waals surface area contributed by atoms with E-state index in [1.807, 2.05) is 37.9 Å². The molecule has 4 rings (SSSR count). The van der Waals surface area contributed by atoms with Gasteiger partial charge in [0.25, 0.3) is 5.91 Å². The molecule has 1 N–H and O–H groups in total. The number of alkyl halides is 3. The van der Waals surface area contributed by atoms with Gasteiger partial charge in [0.05, 0.1) is 30.8 Å². The summed E-state index contributed by atoms with van der Waals surface area (Å²) in [5.41, 5.74) is 2.63. The second-order valence-corrected chi connectivity index (χ2v) is 10.1. The molecular weight excluding hydrogens is 535 g/mol. The molecule has 0 unspecified atom stereocenters. The maximum Gasteiger partial charge on any atom is 0.416 e. The number of aromatic nitrogens is 4. The molecule has 0 aliphatic heterocycles. The number of carbonyl (C=O) groups excluding carboxylic acids is 1. The third-order valence-electron chi connectivity index (χ3n) is 6.42. The van der Waals surface area contributed by atoms with Crippen molar-refractivity contribution in [3.63, 3.8) is 0 Å². The van der Waals surface area contributed by atoms with Crippen LogP contribution in [-0.2, 0) is 12.7 Å². The first-order valence-corrected chi connectivity index (χ1v) is 12.8. The van der Waals surface area contributed by atoms with Gasteiger partial charge in [0.1, 0.15) is 11.4 Å². The average Bonchev–Trinajstić information content (AvgIpc) is 3.42. The lowest BCUT2D eigenvalue weighted by Gasteiger charge is -2.20. The maximum absolute atomic E-state index is 13.7. The highest BCUT2D eigenvalue weighted by molar-refractivity contribution is 6.04. The van der Waals surface area contributed by atoms with Crippen LogP contribution in [0.3, 0.4) is 0 Å². The van der Waals surface area contributed by atoms with Gasteiger partial charge in [-0.25, -0.2) is 4.68 Å². The van der Waals surface area contributed by atoms with Crippen molar-refractivity contribution < 1.29 is 22.7 Å². The van der Waals surface area contributed by atoms with E-state index < -0.39 is 17.6 Å². The van der Waals surface area contributed by atoms with E-state index in [4.69, 9.17) is 4.74 Å². The Bertz CT molecular complexity index is 1520. The van der Waals surface area contributed by atoms with Crippen LogP contribution >= 0.6 is 0 Å². The van der Waals surface area contributed by atoms with E-state index in [1.165, 1.54) is 4.68 Å². The third kappa shape index (κ3) is 7.68. The summed E-state index contributed by atoms with van der Waals surface area (Å²) in [5.74, 6) is 0.0275. The fourth-order valence-corrected chi connectivity index (χ4v) is 4.17. The van der Waals surface area contributed by atoms with Crippen molar-refractivity contribution in [2.45, 2.75) is 19.6 Å². The SMILES string of the molecule is COc1cncc(-c2cn(-c3cc(C(=O)Nc4cc(CN(C)CCN(C)C)cc(C(F)(F)F)c4)ccc3C)nn2)c1. The van der Waals surface area contributed by atoms with Gasteiger partial charge >= 0.3 is 6.18 Å². The molecular formula is C29H32F3N7O2. The highest BCUT2D eigenvalue weighted by atomic mass is 19.4. The number of methoxy groups -OCH3 is 1. The summed E-state index contributed by atoms with van der Waals surface area (Å²) < 4.78 is 47.8. The summed E-state index contributed by atoms with van der Waals surface area (Å²) in [6.07, 6.45) is 0.359. The lowest BCUT2D eigenvalue weighted by atomic mass is 10.1. The van der Waals surface area contributed by atoms with Gasteiger partial charge in [-0.3, -0.25) is 9.78 Å². The Morgan fingerprint density at radius 3 is 2.54 bits per heavy atom. The highest BCUT2D eigenvalue weighted by Crippen LogP contribution is 2.32. The lowest BCUT2D eigenvalue weighted by molar-refractivity contribution is -0.137. The molecule has 0 saturated heterocycles. The Hall–Kier alpha value is -4.29. The molecule has 0 atom stereocenters. The van der Waals surface area contributed by atoms with Crippen molar-refractivity contribution in [2.75, 3.05) is 46.7 Å². The van der Waals surface area contributed by atoms with Crippen LogP contribution in [0.5, 0.6) is 5.75 Å². The fourth-order valence-electron chi connectivity index (χ4n) is 4.17. The molecule has 0 aliphatic rings. The minimum absolute atomic E-state index is 0.0662. The molecule has 0 bridgehead atoms. The number of hydrogen-bond donors (Lipinski definition) is 1. The van der Waals surface area contributed by atoms with Gasteiger partial charge in [0, 0.05) is 42.6 Å². The Labute approximate surface area is 236 Å². The standard InChI is InChI=1S/C29H32F3N7O2/c1-19-6-7-21(13-27(19)39-18-26(35-36-39)22-12-25(41-5)16-33-15-22)28(40)34-24-11-20(10-23(14-24)29(30,31)32)17-38(4)9-8-37(2)3/h6-7,10-16,18H,8-9,17H2,1-5H3,(H,34,40). The normalized spacial score (nSPS) is 11.8. The van der Waals surface area contributed by atoms with Gasteiger partial charge < -0.3 is 19.9 Å². The van der Waals surface area contributed by atoms with Crippen LogP contribution in [0.1, 0.15) is 27.0 Å². The first kappa shape index (κ1) is 29.7. The van der Waals surface area contributed by atoms with Crippen molar-refractivity contribution in [2.24, 2.45) is 0 Å². The van der Waals surface area contributed by atoms with Crippen molar-refractivity contribution in [3.8, 4) is 22.7 Å². The summed E-state index contributed by atoms with van der Waals surface area (Å²) in [4.78, 5) is 21.3. The molecule has 2 aromatic heterocycles. The van der Waals surface area contributed by atoms with Crippen LogP contribution in [0.15, 0.2) is 61.1 Å². The summed E-state index contributed by atoms with van der Waals surface area (Å²) in [7, 11) is 7.25. The van der Waals surface area contributed by atoms with Crippen molar-refractivity contribution in [1.82, 2.24) is 29.8 Å². The largest absolute Gasteiger partial charge is 0.495 e. The van der Waals surface area contributed by atoms with Crippen molar-refractivity contribution in [3.05, 3.63) is 83.3 Å². The molecule has 12 heteroatoms. The van der Waals surface area contributed by atoms with Crippen molar-refractivity contribution >= 4 is 11.6 Å². The Morgan fingerprint density at radius 2 is 1.83 bits per heavy atom. The Kier molecular flexibility index (Phi) is 9.04. The summed E-state index contributed by atoms with van der Waals surface area (Å²) in [5, 5.41) is 11.1. The number of aryl methyl sites for hydroxylation is 1. The Morgan fingerprint density at radius 1 is 1.05 bits per heavy atom. The molecule has 2 heterocycles. The number of ether oxygens (including phenoxy) is 1. The molecule has 216 valence electrons. The maximum atomic E-state index is 13.7. The molecule has 0 fully saturated rings. The average molecular weight is 568 g/mol. The second kappa shape index (κ2) is 12.5. The molecule has 9 nitrogen and oxygen atoms in total. The topological polar surface area (TPSA) is 88.4 Å². The van der Waals surface area contributed by atoms with Gasteiger partial charge in [-0.05, 0) is 75.6 Å². The van der Waals surface area contributed by atoms with Crippen molar-refractivity contribution in [1.29, 1.82) is 0 Å². The fraction of sp³-hybridized carbons (Fsp3) is 0.310. The van der Waals surface area contributed by atoms with E-state index in [0.29, 0.717) is 41.3 Å². The van der Waals surface area contributed by atoms with E-state index >= 15 is 0 Å². The van der Waals surface area contributed by atoms with Crippen LogP contribution in [0.25, 0.3) is 16.9 Å². The minimum Gasteiger partial charge on any atom is -0.495 e. The number of carbonyl (C=O) groups is 1. The molecule has 1 amide bonds. The number of halogens is 3. The number of hydrogen-bond acceptors (Lipinski definition) is 7. The summed E-state index contributed by atoms with van der Waals surface area (Å²) in [6.45, 7) is 3.60. The van der Waals surface area contributed by atoms with Crippen LogP contribution in [0, 0.1) is 6.92 Å².